The van der Waals surface area contributed by atoms with Crippen molar-refractivity contribution in [2.24, 2.45) is 0 Å². The lowest BCUT2D eigenvalue weighted by Crippen LogP contribution is -2.35. The number of esters is 1. The SMILES string of the molecule is CC(OC(=O)c1cccc(S(=O)(=O)N2CCCCCC2)c1)C(=O)NCc1ccccc1. The fraction of sp³-hybridized carbons (Fsp3) is 0.391. The van der Waals surface area contributed by atoms with Gasteiger partial charge in [0.15, 0.2) is 6.10 Å². The summed E-state index contributed by atoms with van der Waals surface area (Å²) in [5, 5.41) is 2.72. The summed E-state index contributed by atoms with van der Waals surface area (Å²) in [7, 11) is -3.68. The zero-order valence-corrected chi connectivity index (χ0v) is 18.4. The highest BCUT2D eigenvalue weighted by Gasteiger charge is 2.26. The minimum absolute atomic E-state index is 0.0602. The van der Waals surface area contributed by atoms with Gasteiger partial charge >= 0.3 is 5.97 Å². The molecule has 8 heteroatoms. The standard InChI is InChI=1S/C23H28N2O5S/c1-18(22(26)24-17-19-10-5-4-6-11-19)30-23(27)20-12-9-13-21(16-20)31(28,29)25-14-7-2-3-8-15-25/h4-6,9-13,16,18H,2-3,7-8,14-15,17H2,1H3,(H,24,26). The van der Waals surface area contributed by atoms with E-state index in [-0.39, 0.29) is 10.5 Å². The highest BCUT2D eigenvalue weighted by Crippen LogP contribution is 2.21. The highest BCUT2D eigenvalue weighted by atomic mass is 32.2. The van der Waals surface area contributed by atoms with E-state index < -0.39 is 28.0 Å². The Hall–Kier alpha value is -2.71. The summed E-state index contributed by atoms with van der Waals surface area (Å²) in [5.41, 5.74) is 1.03. The van der Waals surface area contributed by atoms with Gasteiger partial charge in [0.25, 0.3) is 5.91 Å². The van der Waals surface area contributed by atoms with Gasteiger partial charge in [0, 0.05) is 19.6 Å². The summed E-state index contributed by atoms with van der Waals surface area (Å²) in [5.74, 6) is -1.17. The molecule has 0 bridgehead atoms. The summed E-state index contributed by atoms with van der Waals surface area (Å²) in [6.45, 7) is 2.77. The predicted molar refractivity (Wildman–Crippen MR) is 117 cm³/mol. The van der Waals surface area contributed by atoms with Crippen LogP contribution in [0.3, 0.4) is 0 Å². The van der Waals surface area contributed by atoms with Crippen LogP contribution >= 0.6 is 0 Å². The van der Waals surface area contributed by atoms with E-state index in [1.165, 1.54) is 35.5 Å². The molecule has 31 heavy (non-hydrogen) atoms. The van der Waals surface area contributed by atoms with E-state index in [1.54, 1.807) is 0 Å². The first-order valence-electron chi connectivity index (χ1n) is 10.5. The lowest BCUT2D eigenvalue weighted by molar-refractivity contribution is -0.129. The van der Waals surface area contributed by atoms with Gasteiger partial charge in [-0.2, -0.15) is 4.31 Å². The van der Waals surface area contributed by atoms with Crippen LogP contribution in [0.5, 0.6) is 0 Å². The zero-order chi connectivity index (χ0) is 22.3. The van der Waals surface area contributed by atoms with E-state index >= 15 is 0 Å². The van der Waals surface area contributed by atoms with Crippen LogP contribution in [0.4, 0.5) is 0 Å². The van der Waals surface area contributed by atoms with Gasteiger partial charge in [0.05, 0.1) is 10.5 Å². The van der Waals surface area contributed by atoms with Gasteiger partial charge < -0.3 is 10.1 Å². The third-order valence-corrected chi connectivity index (χ3v) is 7.13. The molecule has 1 heterocycles. The van der Waals surface area contributed by atoms with E-state index in [2.05, 4.69) is 5.32 Å². The van der Waals surface area contributed by atoms with Crippen LogP contribution in [0.25, 0.3) is 0 Å². The Kier molecular flexibility index (Phi) is 7.81. The maximum atomic E-state index is 13.0. The Morgan fingerprint density at radius 3 is 2.35 bits per heavy atom. The summed E-state index contributed by atoms with van der Waals surface area (Å²) in [6, 6.07) is 15.2. The summed E-state index contributed by atoms with van der Waals surface area (Å²) in [6.07, 6.45) is 2.68. The summed E-state index contributed by atoms with van der Waals surface area (Å²) in [4.78, 5) is 24.9. The molecule has 2 aromatic carbocycles. The number of rotatable bonds is 7. The molecule has 1 fully saturated rings. The van der Waals surface area contributed by atoms with Crippen molar-refractivity contribution < 1.29 is 22.7 Å². The second kappa shape index (κ2) is 10.5. The van der Waals surface area contributed by atoms with Crippen LogP contribution in [0.15, 0.2) is 59.5 Å². The van der Waals surface area contributed by atoms with Crippen molar-refractivity contribution in [2.45, 2.75) is 50.2 Å². The molecule has 0 radical (unpaired) electrons. The molecule has 1 saturated heterocycles. The predicted octanol–water partition coefficient (Wildman–Crippen LogP) is 3.11. The molecule has 2 aromatic rings. The maximum absolute atomic E-state index is 13.0. The topological polar surface area (TPSA) is 92.8 Å². The number of carbonyl (C=O) groups is 2. The Morgan fingerprint density at radius 1 is 1.00 bits per heavy atom. The number of hydrogen-bond donors (Lipinski definition) is 1. The number of benzene rings is 2. The molecule has 1 unspecified atom stereocenters. The average molecular weight is 445 g/mol. The zero-order valence-electron chi connectivity index (χ0n) is 17.6. The lowest BCUT2D eigenvalue weighted by atomic mass is 10.2. The number of hydrogen-bond acceptors (Lipinski definition) is 5. The normalized spacial score (nSPS) is 16.2. The molecule has 1 atom stereocenters. The number of sulfonamides is 1. The van der Waals surface area contributed by atoms with Crippen LogP contribution in [0, 0.1) is 0 Å². The molecule has 1 aliphatic heterocycles. The first-order valence-corrected chi connectivity index (χ1v) is 11.9. The van der Waals surface area contributed by atoms with Gasteiger partial charge in [0.2, 0.25) is 10.0 Å². The molecule has 1 aliphatic rings. The van der Waals surface area contributed by atoms with Gasteiger partial charge in [-0.25, -0.2) is 13.2 Å². The Bertz CT molecular complexity index is 1000. The van der Waals surface area contributed by atoms with E-state index in [1.807, 2.05) is 30.3 Å². The van der Waals surface area contributed by atoms with Crippen molar-refractivity contribution in [1.29, 1.82) is 0 Å². The molecular formula is C23H28N2O5S. The van der Waals surface area contributed by atoms with Crippen LogP contribution in [0.1, 0.15) is 48.5 Å². The molecule has 0 aliphatic carbocycles. The Balaban J connectivity index is 1.63. The molecule has 3 rings (SSSR count). The third-order valence-electron chi connectivity index (χ3n) is 5.24. The average Bonchev–Trinajstić information content (AvgIpc) is 3.08. The molecule has 1 amide bonds. The van der Waals surface area contributed by atoms with E-state index in [9.17, 15) is 18.0 Å². The lowest BCUT2D eigenvalue weighted by Gasteiger charge is -2.20. The van der Waals surface area contributed by atoms with Crippen molar-refractivity contribution in [3.8, 4) is 0 Å². The van der Waals surface area contributed by atoms with E-state index in [0.717, 1.165) is 31.2 Å². The van der Waals surface area contributed by atoms with Gasteiger partial charge in [-0.15, -0.1) is 0 Å². The fourth-order valence-electron chi connectivity index (χ4n) is 3.43. The quantitative estimate of drug-likeness (QED) is 0.663. The van der Waals surface area contributed by atoms with Crippen molar-refractivity contribution in [3.63, 3.8) is 0 Å². The molecular weight excluding hydrogens is 416 g/mol. The second-order valence-electron chi connectivity index (χ2n) is 7.60. The first-order chi connectivity index (χ1) is 14.9. The number of ether oxygens (including phenoxy) is 1. The summed E-state index contributed by atoms with van der Waals surface area (Å²) >= 11 is 0. The van der Waals surface area contributed by atoms with E-state index in [4.69, 9.17) is 4.74 Å². The Labute approximate surface area is 183 Å². The number of nitrogens with one attached hydrogen (secondary N) is 1. The molecule has 7 nitrogen and oxygen atoms in total. The van der Waals surface area contributed by atoms with Crippen LogP contribution in [0.2, 0.25) is 0 Å². The highest BCUT2D eigenvalue weighted by molar-refractivity contribution is 7.89. The largest absolute Gasteiger partial charge is 0.449 e. The van der Waals surface area contributed by atoms with Crippen molar-refractivity contribution >= 4 is 21.9 Å². The van der Waals surface area contributed by atoms with Gasteiger partial charge in [-0.1, -0.05) is 49.2 Å². The third kappa shape index (κ3) is 6.15. The van der Waals surface area contributed by atoms with Crippen molar-refractivity contribution in [2.75, 3.05) is 13.1 Å². The molecule has 0 aromatic heterocycles. The van der Waals surface area contributed by atoms with Crippen molar-refractivity contribution in [3.05, 3.63) is 65.7 Å². The molecule has 166 valence electrons. The molecule has 0 spiro atoms. The smallest absolute Gasteiger partial charge is 0.338 e. The van der Waals surface area contributed by atoms with Gasteiger partial charge in [-0.3, -0.25) is 4.79 Å². The number of carbonyl (C=O) groups excluding carboxylic acids is 2. The molecule has 0 saturated carbocycles. The summed E-state index contributed by atoms with van der Waals surface area (Å²) < 4.78 is 32.7. The monoisotopic (exact) mass is 444 g/mol. The number of nitrogens with zero attached hydrogens (tertiary/aromatic N) is 1. The number of amides is 1. The maximum Gasteiger partial charge on any atom is 0.338 e. The molecule has 1 N–H and O–H groups in total. The Morgan fingerprint density at radius 2 is 1.68 bits per heavy atom. The minimum Gasteiger partial charge on any atom is -0.449 e. The fourth-order valence-corrected chi connectivity index (χ4v) is 4.99. The van der Waals surface area contributed by atoms with Crippen molar-refractivity contribution in [1.82, 2.24) is 9.62 Å². The van der Waals surface area contributed by atoms with Crippen LogP contribution < -0.4 is 5.32 Å². The first kappa shape index (κ1) is 23.0. The van der Waals surface area contributed by atoms with Gasteiger partial charge in [-0.05, 0) is 43.5 Å². The van der Waals surface area contributed by atoms with Gasteiger partial charge in [0.1, 0.15) is 0 Å². The van der Waals surface area contributed by atoms with Crippen LogP contribution in [-0.2, 0) is 26.1 Å². The van der Waals surface area contributed by atoms with E-state index in [0.29, 0.717) is 19.6 Å². The minimum atomic E-state index is -3.68. The second-order valence-corrected chi connectivity index (χ2v) is 9.54. The van der Waals surface area contributed by atoms with Crippen LogP contribution in [-0.4, -0.2) is 43.8 Å².